The molecule has 0 saturated carbocycles. The summed E-state index contributed by atoms with van der Waals surface area (Å²) < 4.78 is 23.5. The number of anilines is 1. The number of sulfone groups is 1. The van der Waals surface area contributed by atoms with Crippen LogP contribution >= 0.6 is 0 Å². The van der Waals surface area contributed by atoms with Crippen LogP contribution in [-0.2, 0) is 9.84 Å². The van der Waals surface area contributed by atoms with Crippen molar-refractivity contribution in [2.75, 3.05) is 31.2 Å². The molecule has 2 rings (SSSR count). The van der Waals surface area contributed by atoms with Gasteiger partial charge in [0.25, 0.3) is 5.69 Å². The standard InChI is InChI=1S/C16H25N3O4S/c1-3-14-6-4-5-10-18(14)11-9-17-13-7-8-15(19(20)21)16(12-13)24(2,22)23/h7-8,12,14,17H,3-6,9-11H2,1-2H3. The number of nitrogens with one attached hydrogen (secondary N) is 1. The number of piperidine rings is 1. The first-order valence-electron chi connectivity index (χ1n) is 8.29. The summed E-state index contributed by atoms with van der Waals surface area (Å²) >= 11 is 0. The Balaban J connectivity index is 2.04. The molecule has 1 N–H and O–H groups in total. The predicted molar refractivity (Wildman–Crippen MR) is 94.2 cm³/mol. The van der Waals surface area contributed by atoms with Crippen LogP contribution in [0, 0.1) is 10.1 Å². The van der Waals surface area contributed by atoms with Gasteiger partial charge in [0, 0.05) is 37.1 Å². The van der Waals surface area contributed by atoms with Gasteiger partial charge in [0.05, 0.1) is 4.92 Å². The van der Waals surface area contributed by atoms with Gasteiger partial charge in [-0.1, -0.05) is 13.3 Å². The van der Waals surface area contributed by atoms with Crippen molar-refractivity contribution in [3.8, 4) is 0 Å². The van der Waals surface area contributed by atoms with Gasteiger partial charge in [-0.05, 0) is 37.9 Å². The molecule has 1 aliphatic rings. The molecule has 24 heavy (non-hydrogen) atoms. The summed E-state index contributed by atoms with van der Waals surface area (Å²) in [6.07, 6.45) is 5.84. The lowest BCUT2D eigenvalue weighted by Crippen LogP contribution is -2.41. The van der Waals surface area contributed by atoms with E-state index >= 15 is 0 Å². The topological polar surface area (TPSA) is 92.5 Å². The summed E-state index contributed by atoms with van der Waals surface area (Å²) in [5, 5.41) is 14.2. The van der Waals surface area contributed by atoms with Gasteiger partial charge < -0.3 is 5.32 Å². The Labute approximate surface area is 143 Å². The maximum Gasteiger partial charge on any atom is 0.288 e. The zero-order valence-corrected chi connectivity index (χ0v) is 15.0. The SMILES string of the molecule is CCC1CCCCN1CCNc1ccc([N+](=O)[O-])c(S(C)(=O)=O)c1. The third-order valence-corrected chi connectivity index (χ3v) is 5.63. The molecule has 0 spiro atoms. The summed E-state index contributed by atoms with van der Waals surface area (Å²) in [4.78, 5) is 12.5. The Morgan fingerprint density at radius 1 is 1.38 bits per heavy atom. The quantitative estimate of drug-likeness (QED) is 0.597. The first kappa shape index (κ1) is 18.7. The third-order valence-electron chi connectivity index (χ3n) is 4.50. The van der Waals surface area contributed by atoms with Gasteiger partial charge in [-0.3, -0.25) is 15.0 Å². The van der Waals surface area contributed by atoms with E-state index in [1.807, 2.05) is 0 Å². The highest BCUT2D eigenvalue weighted by Crippen LogP contribution is 2.27. The van der Waals surface area contributed by atoms with Gasteiger partial charge in [-0.25, -0.2) is 8.42 Å². The minimum Gasteiger partial charge on any atom is -0.384 e. The molecule has 134 valence electrons. The van der Waals surface area contributed by atoms with E-state index in [9.17, 15) is 18.5 Å². The molecule has 0 bridgehead atoms. The fourth-order valence-electron chi connectivity index (χ4n) is 3.23. The van der Waals surface area contributed by atoms with Crippen LogP contribution < -0.4 is 5.32 Å². The molecule has 0 radical (unpaired) electrons. The lowest BCUT2D eigenvalue weighted by Gasteiger charge is -2.35. The predicted octanol–water partition coefficient (Wildman–Crippen LogP) is 2.67. The molecule has 0 amide bonds. The molecule has 1 fully saturated rings. The summed E-state index contributed by atoms with van der Waals surface area (Å²) in [5.41, 5.74) is 0.205. The van der Waals surface area contributed by atoms with Gasteiger partial charge >= 0.3 is 0 Å². The normalized spacial score (nSPS) is 19.2. The van der Waals surface area contributed by atoms with Gasteiger partial charge in [0.2, 0.25) is 0 Å². The summed E-state index contributed by atoms with van der Waals surface area (Å²) in [7, 11) is -3.65. The third kappa shape index (κ3) is 4.67. The Hall–Kier alpha value is -1.67. The van der Waals surface area contributed by atoms with Crippen molar-refractivity contribution in [2.24, 2.45) is 0 Å². The van der Waals surface area contributed by atoms with Crippen molar-refractivity contribution in [2.45, 2.75) is 43.5 Å². The van der Waals surface area contributed by atoms with Gasteiger partial charge in [0.1, 0.15) is 4.90 Å². The highest BCUT2D eigenvalue weighted by Gasteiger charge is 2.23. The number of rotatable bonds is 7. The maximum absolute atomic E-state index is 11.8. The largest absolute Gasteiger partial charge is 0.384 e. The number of nitrogens with zero attached hydrogens (tertiary/aromatic N) is 2. The summed E-state index contributed by atoms with van der Waals surface area (Å²) in [6, 6.07) is 4.76. The molecule has 0 aliphatic carbocycles. The van der Waals surface area contributed by atoms with Crippen LogP contribution in [0.25, 0.3) is 0 Å². The van der Waals surface area contributed by atoms with Crippen LogP contribution in [-0.4, -0.2) is 50.2 Å². The number of likely N-dealkylation sites (tertiary alicyclic amines) is 1. The van der Waals surface area contributed by atoms with Crippen LogP contribution in [0.4, 0.5) is 11.4 Å². The lowest BCUT2D eigenvalue weighted by atomic mass is 10.0. The smallest absolute Gasteiger partial charge is 0.288 e. The average Bonchev–Trinajstić information content (AvgIpc) is 2.54. The Morgan fingerprint density at radius 2 is 2.12 bits per heavy atom. The molecule has 1 aliphatic heterocycles. The van der Waals surface area contributed by atoms with Gasteiger partial charge in [-0.15, -0.1) is 0 Å². The van der Waals surface area contributed by atoms with E-state index < -0.39 is 14.8 Å². The highest BCUT2D eigenvalue weighted by atomic mass is 32.2. The van der Waals surface area contributed by atoms with Crippen LogP contribution in [0.5, 0.6) is 0 Å². The van der Waals surface area contributed by atoms with E-state index in [0.717, 1.165) is 25.8 Å². The lowest BCUT2D eigenvalue weighted by molar-refractivity contribution is -0.387. The Morgan fingerprint density at radius 3 is 2.75 bits per heavy atom. The number of hydrogen-bond donors (Lipinski definition) is 1. The monoisotopic (exact) mass is 355 g/mol. The second-order valence-corrected chi connectivity index (χ2v) is 8.22. The zero-order chi connectivity index (χ0) is 17.7. The summed E-state index contributed by atoms with van der Waals surface area (Å²) in [6.45, 7) is 4.85. The van der Waals surface area contributed by atoms with E-state index in [-0.39, 0.29) is 10.6 Å². The van der Waals surface area contributed by atoms with E-state index in [2.05, 4.69) is 17.1 Å². The van der Waals surface area contributed by atoms with Crippen LogP contribution in [0.1, 0.15) is 32.6 Å². The number of nitro benzene ring substituents is 1. The molecule has 1 atom stereocenters. The number of benzene rings is 1. The molecule has 7 nitrogen and oxygen atoms in total. The molecule has 0 aromatic heterocycles. The minimum atomic E-state index is -3.65. The van der Waals surface area contributed by atoms with Crippen molar-refractivity contribution in [1.82, 2.24) is 4.90 Å². The molecule has 1 aromatic rings. The average molecular weight is 355 g/mol. The molecule has 1 aromatic carbocycles. The van der Waals surface area contributed by atoms with Crippen LogP contribution in [0.15, 0.2) is 23.1 Å². The minimum absolute atomic E-state index is 0.248. The van der Waals surface area contributed by atoms with Crippen molar-refractivity contribution >= 4 is 21.2 Å². The van der Waals surface area contributed by atoms with Crippen molar-refractivity contribution < 1.29 is 13.3 Å². The molecule has 8 heteroatoms. The van der Waals surface area contributed by atoms with E-state index in [1.165, 1.54) is 31.4 Å². The molecular weight excluding hydrogens is 330 g/mol. The number of nitro groups is 1. The molecule has 1 unspecified atom stereocenters. The molecule has 1 saturated heterocycles. The Kier molecular flexibility index (Phi) is 6.17. The van der Waals surface area contributed by atoms with Crippen molar-refractivity contribution in [3.05, 3.63) is 28.3 Å². The van der Waals surface area contributed by atoms with E-state index in [1.54, 1.807) is 6.07 Å². The summed E-state index contributed by atoms with van der Waals surface area (Å²) in [5.74, 6) is 0. The Bertz CT molecular complexity index is 691. The fraction of sp³-hybridized carbons (Fsp3) is 0.625. The maximum atomic E-state index is 11.8. The molecular formula is C16H25N3O4S. The fourth-order valence-corrected chi connectivity index (χ4v) is 4.10. The van der Waals surface area contributed by atoms with Gasteiger partial charge in [-0.2, -0.15) is 0 Å². The second kappa shape index (κ2) is 7.94. The van der Waals surface area contributed by atoms with Crippen molar-refractivity contribution in [1.29, 1.82) is 0 Å². The van der Waals surface area contributed by atoms with E-state index in [0.29, 0.717) is 18.3 Å². The van der Waals surface area contributed by atoms with Crippen molar-refractivity contribution in [3.63, 3.8) is 0 Å². The van der Waals surface area contributed by atoms with Crippen LogP contribution in [0.3, 0.4) is 0 Å². The van der Waals surface area contributed by atoms with Gasteiger partial charge in [0.15, 0.2) is 9.84 Å². The van der Waals surface area contributed by atoms with Crippen LogP contribution in [0.2, 0.25) is 0 Å². The second-order valence-electron chi connectivity index (χ2n) is 6.23. The highest BCUT2D eigenvalue weighted by molar-refractivity contribution is 7.90. The first-order valence-corrected chi connectivity index (χ1v) is 10.2. The van der Waals surface area contributed by atoms with E-state index in [4.69, 9.17) is 0 Å². The number of hydrogen-bond acceptors (Lipinski definition) is 6. The molecule has 1 heterocycles. The first-order chi connectivity index (χ1) is 11.3. The zero-order valence-electron chi connectivity index (χ0n) is 14.2.